The van der Waals surface area contributed by atoms with Crippen LogP contribution in [0.4, 0.5) is 10.5 Å². The lowest BCUT2D eigenvalue weighted by molar-refractivity contribution is -0.138. The average Bonchev–Trinajstić information content (AvgIpc) is 3.19. The van der Waals surface area contributed by atoms with Crippen LogP contribution >= 0.6 is 0 Å². The summed E-state index contributed by atoms with van der Waals surface area (Å²) in [6.45, 7) is 3.56. The second kappa shape index (κ2) is 10.4. The number of ether oxygens (including phenoxy) is 1. The summed E-state index contributed by atoms with van der Waals surface area (Å²) < 4.78 is 5.55. The molecule has 0 saturated heterocycles. The molecule has 0 fully saturated rings. The molecule has 4 rings (SSSR count). The monoisotopic (exact) mass is 472 g/mol. The van der Waals surface area contributed by atoms with Crippen LogP contribution in [0.25, 0.3) is 11.1 Å². The number of alkyl carbamates (subject to hydrolysis) is 1. The third-order valence-corrected chi connectivity index (χ3v) is 6.41. The maximum absolute atomic E-state index is 12.7. The Morgan fingerprint density at radius 2 is 1.49 bits per heavy atom. The number of carboxylic acid groups (broad SMARTS) is 1. The predicted octanol–water partition coefficient (Wildman–Crippen LogP) is 5.13. The molecule has 7 heteroatoms. The molecule has 2 atom stereocenters. The van der Waals surface area contributed by atoms with E-state index in [2.05, 4.69) is 22.8 Å². The zero-order valence-corrected chi connectivity index (χ0v) is 19.7. The molecule has 3 N–H and O–H groups in total. The zero-order valence-electron chi connectivity index (χ0n) is 19.7. The summed E-state index contributed by atoms with van der Waals surface area (Å²) in [5, 5.41) is 14.5. The third-order valence-electron chi connectivity index (χ3n) is 6.41. The van der Waals surface area contributed by atoms with Gasteiger partial charge >= 0.3 is 12.1 Å². The number of amides is 2. The van der Waals surface area contributed by atoms with Gasteiger partial charge in [-0.25, -0.2) is 4.79 Å². The minimum absolute atomic E-state index is 0.0613. The largest absolute Gasteiger partial charge is 0.481 e. The van der Waals surface area contributed by atoms with Crippen molar-refractivity contribution < 1.29 is 24.2 Å². The van der Waals surface area contributed by atoms with E-state index in [1.54, 1.807) is 38.1 Å². The van der Waals surface area contributed by atoms with Gasteiger partial charge in [-0.2, -0.15) is 0 Å². The number of nitrogens with one attached hydrogen (secondary N) is 2. The Labute approximate surface area is 204 Å². The minimum Gasteiger partial charge on any atom is -0.481 e. The standard InChI is InChI=1S/C28H28N2O5/c1-3-25(26(31)29-19-14-12-18(13-15-19)17(2)27(32)33)30-28(34)35-16-24-22-10-6-4-8-20(22)21-9-5-7-11-23(21)24/h4-15,17,24-25H,3,16H2,1-2H3,(H,29,31)(H,30,34)(H,32,33). The number of carboxylic acids is 1. The molecule has 3 aromatic rings. The molecule has 1 aliphatic rings. The average molecular weight is 473 g/mol. The Morgan fingerprint density at radius 3 is 2.03 bits per heavy atom. The lowest BCUT2D eigenvalue weighted by Crippen LogP contribution is -2.43. The fourth-order valence-electron chi connectivity index (χ4n) is 4.36. The molecule has 7 nitrogen and oxygen atoms in total. The topological polar surface area (TPSA) is 105 Å². The number of anilines is 1. The Morgan fingerprint density at radius 1 is 0.914 bits per heavy atom. The first-order chi connectivity index (χ1) is 16.9. The van der Waals surface area contributed by atoms with Gasteiger partial charge in [-0.05, 0) is 53.3 Å². The second-order valence-corrected chi connectivity index (χ2v) is 8.60. The van der Waals surface area contributed by atoms with Crippen molar-refractivity contribution in [1.29, 1.82) is 0 Å². The molecule has 0 radical (unpaired) electrons. The number of fused-ring (bicyclic) bond motifs is 3. The van der Waals surface area contributed by atoms with E-state index >= 15 is 0 Å². The molecule has 2 amide bonds. The second-order valence-electron chi connectivity index (χ2n) is 8.60. The van der Waals surface area contributed by atoms with Gasteiger partial charge in [0.05, 0.1) is 5.92 Å². The first-order valence-electron chi connectivity index (χ1n) is 11.6. The normalized spacial score (nSPS) is 13.8. The van der Waals surface area contributed by atoms with Crippen LogP contribution < -0.4 is 10.6 Å². The summed E-state index contributed by atoms with van der Waals surface area (Å²) in [6, 6.07) is 22.0. The highest BCUT2D eigenvalue weighted by Crippen LogP contribution is 2.44. The van der Waals surface area contributed by atoms with Crippen LogP contribution in [0.3, 0.4) is 0 Å². The van der Waals surface area contributed by atoms with Gasteiger partial charge in [0.1, 0.15) is 12.6 Å². The van der Waals surface area contributed by atoms with E-state index < -0.39 is 24.0 Å². The molecule has 35 heavy (non-hydrogen) atoms. The lowest BCUT2D eigenvalue weighted by Gasteiger charge is -2.19. The fourth-order valence-corrected chi connectivity index (χ4v) is 4.36. The van der Waals surface area contributed by atoms with Crippen molar-refractivity contribution in [3.8, 4) is 11.1 Å². The number of rotatable bonds is 8. The Bertz CT molecular complexity index is 1190. The van der Waals surface area contributed by atoms with Gasteiger partial charge in [-0.1, -0.05) is 67.6 Å². The number of carbonyl (C=O) groups is 3. The SMILES string of the molecule is CCC(NC(=O)OCC1c2ccccc2-c2ccccc21)C(=O)Nc1ccc(C(C)C(=O)O)cc1. The van der Waals surface area contributed by atoms with E-state index in [1.165, 1.54) is 0 Å². The van der Waals surface area contributed by atoms with Gasteiger partial charge in [0.25, 0.3) is 0 Å². The summed E-state index contributed by atoms with van der Waals surface area (Å²) in [5.41, 5.74) is 5.68. The van der Waals surface area contributed by atoms with E-state index in [4.69, 9.17) is 9.84 Å². The summed E-state index contributed by atoms with van der Waals surface area (Å²) in [6.07, 6.45) is -0.274. The van der Waals surface area contributed by atoms with E-state index in [0.29, 0.717) is 17.7 Å². The van der Waals surface area contributed by atoms with Crippen molar-refractivity contribution in [2.24, 2.45) is 0 Å². The van der Waals surface area contributed by atoms with Crippen LogP contribution in [0.15, 0.2) is 72.8 Å². The van der Waals surface area contributed by atoms with Gasteiger partial charge < -0.3 is 20.5 Å². The summed E-state index contributed by atoms with van der Waals surface area (Å²) >= 11 is 0. The highest BCUT2D eigenvalue weighted by Gasteiger charge is 2.29. The van der Waals surface area contributed by atoms with Crippen molar-refractivity contribution in [2.75, 3.05) is 11.9 Å². The fraction of sp³-hybridized carbons (Fsp3) is 0.250. The number of hydrogen-bond donors (Lipinski definition) is 3. The molecule has 0 aromatic heterocycles. The highest BCUT2D eigenvalue weighted by atomic mass is 16.5. The van der Waals surface area contributed by atoms with E-state index in [9.17, 15) is 14.4 Å². The van der Waals surface area contributed by atoms with Crippen LogP contribution in [0, 0.1) is 0 Å². The Hall–Kier alpha value is -4.13. The summed E-state index contributed by atoms with van der Waals surface area (Å²) in [5.74, 6) is -1.99. The Balaban J connectivity index is 1.35. The number of benzene rings is 3. The van der Waals surface area contributed by atoms with Gasteiger partial charge in [-0.15, -0.1) is 0 Å². The smallest absolute Gasteiger partial charge is 0.407 e. The van der Waals surface area contributed by atoms with Crippen molar-refractivity contribution in [2.45, 2.75) is 38.1 Å². The molecule has 0 saturated carbocycles. The van der Waals surface area contributed by atoms with Crippen molar-refractivity contribution in [3.63, 3.8) is 0 Å². The maximum atomic E-state index is 12.7. The third kappa shape index (κ3) is 5.19. The van der Waals surface area contributed by atoms with Crippen molar-refractivity contribution >= 4 is 23.7 Å². The van der Waals surface area contributed by atoms with Crippen LogP contribution in [0.5, 0.6) is 0 Å². The predicted molar refractivity (Wildman–Crippen MR) is 133 cm³/mol. The first kappa shape index (κ1) is 24.0. The van der Waals surface area contributed by atoms with Crippen LogP contribution in [-0.4, -0.2) is 35.7 Å². The van der Waals surface area contributed by atoms with Crippen LogP contribution in [0.2, 0.25) is 0 Å². The lowest BCUT2D eigenvalue weighted by atomic mass is 9.98. The number of aliphatic carboxylic acids is 1. The quantitative estimate of drug-likeness (QED) is 0.422. The zero-order chi connectivity index (χ0) is 24.9. The van der Waals surface area contributed by atoms with E-state index in [1.807, 2.05) is 36.4 Å². The molecular weight excluding hydrogens is 444 g/mol. The molecule has 2 unspecified atom stereocenters. The van der Waals surface area contributed by atoms with Gasteiger partial charge in [0, 0.05) is 11.6 Å². The number of hydrogen-bond acceptors (Lipinski definition) is 4. The first-order valence-corrected chi connectivity index (χ1v) is 11.6. The Kier molecular flexibility index (Phi) is 7.15. The molecule has 0 heterocycles. The van der Waals surface area contributed by atoms with Crippen molar-refractivity contribution in [3.05, 3.63) is 89.5 Å². The van der Waals surface area contributed by atoms with Crippen molar-refractivity contribution in [1.82, 2.24) is 5.32 Å². The molecule has 0 bridgehead atoms. The highest BCUT2D eigenvalue weighted by molar-refractivity contribution is 5.96. The number of carbonyl (C=O) groups excluding carboxylic acids is 2. The minimum atomic E-state index is -0.917. The summed E-state index contributed by atoms with van der Waals surface area (Å²) in [4.78, 5) is 36.4. The van der Waals surface area contributed by atoms with Gasteiger partial charge in [0.2, 0.25) is 5.91 Å². The van der Waals surface area contributed by atoms with Crippen LogP contribution in [-0.2, 0) is 14.3 Å². The van der Waals surface area contributed by atoms with Crippen LogP contribution in [0.1, 0.15) is 48.8 Å². The van der Waals surface area contributed by atoms with Gasteiger partial charge in [0.15, 0.2) is 0 Å². The molecule has 0 spiro atoms. The molecule has 3 aromatic carbocycles. The summed E-state index contributed by atoms with van der Waals surface area (Å²) in [7, 11) is 0. The van der Waals surface area contributed by atoms with Gasteiger partial charge in [-0.3, -0.25) is 9.59 Å². The maximum Gasteiger partial charge on any atom is 0.407 e. The molecular formula is C28H28N2O5. The molecule has 180 valence electrons. The molecule has 1 aliphatic carbocycles. The van der Waals surface area contributed by atoms with E-state index in [-0.39, 0.29) is 18.4 Å². The molecule has 0 aliphatic heterocycles. The van der Waals surface area contributed by atoms with E-state index in [0.717, 1.165) is 22.3 Å².